The van der Waals surface area contributed by atoms with E-state index in [1.54, 1.807) is 11.3 Å². The Bertz CT molecular complexity index is 604. The lowest BCUT2D eigenvalue weighted by Gasteiger charge is -2.33. The maximum Gasteiger partial charge on any atom is 0.171 e. The van der Waals surface area contributed by atoms with Crippen molar-refractivity contribution >= 4 is 43.0 Å². The number of hydrogen-bond acceptors (Lipinski definition) is 3. The van der Waals surface area contributed by atoms with E-state index in [1.807, 2.05) is 0 Å². The number of aromatic nitrogens is 1. The van der Waals surface area contributed by atoms with Crippen LogP contribution in [0.5, 0.6) is 0 Å². The molecule has 0 spiro atoms. The molecule has 2 rings (SSSR count). The molecule has 0 radical (unpaired) electrons. The zero-order chi connectivity index (χ0) is 16.3. The summed E-state index contributed by atoms with van der Waals surface area (Å²) in [5.74, 6) is 0. The summed E-state index contributed by atoms with van der Waals surface area (Å²) in [4.78, 5) is 4.66. The molecule has 0 amide bonds. The van der Waals surface area contributed by atoms with Crippen LogP contribution in [0.4, 0.5) is 0 Å². The average molecular weight is 445 g/mol. The first-order chi connectivity index (χ1) is 10.3. The molecule has 2 nitrogen and oxygen atoms in total. The topological polar surface area (TPSA) is 22.1 Å². The lowest BCUT2D eigenvalue weighted by atomic mass is 9.84. The van der Waals surface area contributed by atoms with E-state index in [0.717, 1.165) is 10.1 Å². The van der Waals surface area contributed by atoms with Crippen molar-refractivity contribution in [1.82, 2.24) is 4.98 Å². The van der Waals surface area contributed by atoms with Crippen LogP contribution in [-0.2, 0) is 8.85 Å². The first kappa shape index (κ1) is 18.1. The highest BCUT2D eigenvalue weighted by molar-refractivity contribution is 14.1. The first-order valence-corrected chi connectivity index (χ1v) is 12.8. The Balaban J connectivity index is 2.25. The van der Waals surface area contributed by atoms with E-state index < -0.39 is 9.04 Å². The molecule has 1 atom stereocenters. The van der Waals surface area contributed by atoms with Gasteiger partial charge in [0.15, 0.2) is 9.04 Å². The standard InChI is InChI=1S/C17H24INOSSi/c1-17(2,3)16(20-22(4)5)13-8-6-12(7-9-13)14-11-21-15(10-18)19-14/h6-9,11,16,22H,10H2,1-5H3. The second-order valence-electron chi connectivity index (χ2n) is 6.81. The fraction of sp³-hybridized carbons (Fsp3) is 0.471. The highest BCUT2D eigenvalue weighted by Crippen LogP contribution is 2.37. The Hall–Kier alpha value is -0.243. The summed E-state index contributed by atoms with van der Waals surface area (Å²) < 4.78 is 7.26. The number of thiazole rings is 1. The van der Waals surface area contributed by atoms with Crippen LogP contribution in [0.2, 0.25) is 13.1 Å². The van der Waals surface area contributed by atoms with Gasteiger partial charge in [0, 0.05) is 10.9 Å². The molecule has 22 heavy (non-hydrogen) atoms. The van der Waals surface area contributed by atoms with Gasteiger partial charge in [-0.15, -0.1) is 11.3 Å². The van der Waals surface area contributed by atoms with Gasteiger partial charge in [-0.1, -0.05) is 67.6 Å². The van der Waals surface area contributed by atoms with Gasteiger partial charge in [0.2, 0.25) is 0 Å². The Morgan fingerprint density at radius 2 is 1.86 bits per heavy atom. The third-order valence-corrected chi connectivity index (χ3v) is 6.28. The van der Waals surface area contributed by atoms with Crippen LogP contribution in [0.3, 0.4) is 0 Å². The van der Waals surface area contributed by atoms with Crippen molar-refractivity contribution in [3.8, 4) is 11.3 Å². The molecule has 0 fully saturated rings. The fourth-order valence-corrected chi connectivity index (χ4v) is 4.86. The summed E-state index contributed by atoms with van der Waals surface area (Å²) in [5.41, 5.74) is 3.63. The minimum atomic E-state index is -1.08. The molecule has 0 aliphatic carbocycles. The molecule has 1 aromatic carbocycles. The van der Waals surface area contributed by atoms with Gasteiger partial charge in [0.1, 0.15) is 5.01 Å². The molecule has 1 unspecified atom stereocenters. The smallest absolute Gasteiger partial charge is 0.171 e. The monoisotopic (exact) mass is 445 g/mol. The van der Waals surface area contributed by atoms with Crippen LogP contribution in [-0.4, -0.2) is 14.0 Å². The summed E-state index contributed by atoms with van der Waals surface area (Å²) in [5, 5.41) is 3.32. The number of rotatable bonds is 5. The predicted octanol–water partition coefficient (Wildman–Crippen LogP) is 5.83. The summed E-state index contributed by atoms with van der Waals surface area (Å²) in [6.45, 7) is 11.2. The van der Waals surface area contributed by atoms with Gasteiger partial charge in [-0.05, 0) is 24.1 Å². The van der Waals surface area contributed by atoms with Gasteiger partial charge in [-0.3, -0.25) is 0 Å². The highest BCUT2D eigenvalue weighted by Gasteiger charge is 2.27. The Kier molecular flexibility index (Phi) is 6.21. The van der Waals surface area contributed by atoms with Crippen LogP contribution in [0.25, 0.3) is 11.3 Å². The zero-order valence-corrected chi connectivity index (χ0v) is 18.0. The summed E-state index contributed by atoms with van der Waals surface area (Å²) in [6.07, 6.45) is 0.161. The van der Waals surface area contributed by atoms with Crippen molar-refractivity contribution in [2.75, 3.05) is 0 Å². The molecule has 0 bridgehead atoms. The van der Waals surface area contributed by atoms with Crippen molar-refractivity contribution in [3.05, 3.63) is 40.2 Å². The number of hydrogen-bond donors (Lipinski definition) is 0. The van der Waals surface area contributed by atoms with Crippen LogP contribution in [0, 0.1) is 5.41 Å². The van der Waals surface area contributed by atoms with E-state index in [9.17, 15) is 0 Å². The maximum absolute atomic E-state index is 6.29. The minimum Gasteiger partial charge on any atom is -0.413 e. The summed E-state index contributed by atoms with van der Waals surface area (Å²) in [6, 6.07) is 8.74. The highest BCUT2D eigenvalue weighted by atomic mass is 127. The lowest BCUT2D eigenvalue weighted by Crippen LogP contribution is -2.25. The Morgan fingerprint density at radius 1 is 1.23 bits per heavy atom. The SMILES string of the molecule is C[SiH](C)OC(c1ccc(-c2csc(CI)n2)cc1)C(C)(C)C. The van der Waals surface area contributed by atoms with Gasteiger partial charge in [-0.2, -0.15) is 0 Å². The number of benzene rings is 1. The van der Waals surface area contributed by atoms with Gasteiger partial charge in [-0.25, -0.2) is 4.98 Å². The zero-order valence-electron chi connectivity index (χ0n) is 13.9. The molecule has 120 valence electrons. The van der Waals surface area contributed by atoms with Crippen molar-refractivity contribution in [3.63, 3.8) is 0 Å². The van der Waals surface area contributed by atoms with Gasteiger partial charge in [0.05, 0.1) is 16.2 Å². The van der Waals surface area contributed by atoms with Crippen molar-refractivity contribution in [1.29, 1.82) is 0 Å². The quantitative estimate of drug-likeness (QED) is 0.328. The molecule has 1 aromatic heterocycles. The molecular weight excluding hydrogens is 421 g/mol. The van der Waals surface area contributed by atoms with E-state index in [4.69, 9.17) is 4.43 Å². The molecule has 1 heterocycles. The van der Waals surface area contributed by atoms with E-state index in [2.05, 4.69) is 91.1 Å². The van der Waals surface area contributed by atoms with Crippen molar-refractivity contribution in [2.45, 2.75) is 44.4 Å². The molecule has 2 aromatic rings. The molecule has 0 aliphatic rings. The largest absolute Gasteiger partial charge is 0.413 e. The van der Waals surface area contributed by atoms with Crippen LogP contribution in [0.15, 0.2) is 29.6 Å². The first-order valence-electron chi connectivity index (χ1n) is 7.57. The van der Waals surface area contributed by atoms with Gasteiger partial charge in [0.25, 0.3) is 0 Å². The molecular formula is C17H24INOSSi. The van der Waals surface area contributed by atoms with Crippen molar-refractivity contribution in [2.24, 2.45) is 5.41 Å². The molecule has 0 saturated heterocycles. The normalized spacial score (nSPS) is 13.6. The van der Waals surface area contributed by atoms with Crippen LogP contribution >= 0.6 is 33.9 Å². The van der Waals surface area contributed by atoms with Gasteiger partial charge >= 0.3 is 0 Å². The van der Waals surface area contributed by atoms with E-state index >= 15 is 0 Å². The second-order valence-corrected chi connectivity index (χ2v) is 10.9. The van der Waals surface area contributed by atoms with Crippen molar-refractivity contribution < 1.29 is 4.43 Å². The van der Waals surface area contributed by atoms with Gasteiger partial charge < -0.3 is 4.43 Å². The van der Waals surface area contributed by atoms with Crippen LogP contribution < -0.4 is 0 Å². The van der Waals surface area contributed by atoms with E-state index in [1.165, 1.54) is 16.1 Å². The second kappa shape index (κ2) is 7.55. The maximum atomic E-state index is 6.29. The minimum absolute atomic E-state index is 0.105. The molecule has 0 saturated carbocycles. The molecule has 0 aliphatic heterocycles. The third-order valence-electron chi connectivity index (χ3n) is 3.37. The lowest BCUT2D eigenvalue weighted by molar-refractivity contribution is 0.0866. The number of halogens is 1. The molecule has 0 N–H and O–H groups in total. The third kappa shape index (κ3) is 4.63. The molecule has 5 heteroatoms. The van der Waals surface area contributed by atoms with E-state index in [0.29, 0.717) is 0 Å². The Morgan fingerprint density at radius 3 is 2.32 bits per heavy atom. The summed E-state index contributed by atoms with van der Waals surface area (Å²) in [7, 11) is -1.08. The number of nitrogens with zero attached hydrogens (tertiary/aromatic N) is 1. The van der Waals surface area contributed by atoms with E-state index in [-0.39, 0.29) is 11.5 Å². The number of alkyl halides is 1. The Labute approximate surface area is 153 Å². The fourth-order valence-electron chi connectivity index (χ4n) is 2.39. The average Bonchev–Trinajstić information content (AvgIpc) is 2.92. The summed E-state index contributed by atoms with van der Waals surface area (Å²) >= 11 is 4.08. The predicted molar refractivity (Wildman–Crippen MR) is 107 cm³/mol. The van der Waals surface area contributed by atoms with Crippen LogP contribution in [0.1, 0.15) is 37.4 Å².